The summed E-state index contributed by atoms with van der Waals surface area (Å²) in [6.07, 6.45) is 0.844. The van der Waals surface area contributed by atoms with E-state index < -0.39 is 0 Å². The fourth-order valence-electron chi connectivity index (χ4n) is 3.61. The number of carbonyl (C=O) groups excluding carboxylic acids is 1. The molecule has 0 radical (unpaired) electrons. The van der Waals surface area contributed by atoms with Crippen LogP contribution in [0.2, 0.25) is 0 Å². The summed E-state index contributed by atoms with van der Waals surface area (Å²) in [5, 5.41) is 7.43. The van der Waals surface area contributed by atoms with Crippen LogP contribution in [-0.4, -0.2) is 65.4 Å². The van der Waals surface area contributed by atoms with E-state index in [9.17, 15) is 9.18 Å². The van der Waals surface area contributed by atoms with Crippen LogP contribution < -0.4 is 10.1 Å². The van der Waals surface area contributed by atoms with Gasteiger partial charge in [-0.2, -0.15) is 5.10 Å². The van der Waals surface area contributed by atoms with Crippen molar-refractivity contribution >= 4 is 6.03 Å². The van der Waals surface area contributed by atoms with Gasteiger partial charge in [-0.25, -0.2) is 9.18 Å². The Balaban J connectivity index is 1.37. The Bertz CT molecular complexity index is 830. The number of nitrogens with one attached hydrogen (secondary N) is 1. The number of amides is 2. The van der Waals surface area contributed by atoms with Gasteiger partial charge in [0.25, 0.3) is 0 Å². The second-order valence-corrected chi connectivity index (χ2v) is 7.47. The fraction of sp³-hybridized carbons (Fsp3) is 0.524. The van der Waals surface area contributed by atoms with E-state index in [4.69, 9.17) is 4.74 Å². The standard InChI is InChI=1S/C21H30FN5O2/c1-16-13-17(2)27(24-16)8-4-7-23-21(28)26-11-9-25(10-12-26)15-18-5-6-20(29-3)19(22)14-18/h5-6,13-14H,4,7-12,15H2,1-3H3,(H,23,28). The Kier molecular flexibility index (Phi) is 7.09. The maximum Gasteiger partial charge on any atom is 0.317 e. The first-order chi connectivity index (χ1) is 14.0. The highest BCUT2D eigenvalue weighted by molar-refractivity contribution is 5.74. The predicted molar refractivity (Wildman–Crippen MR) is 110 cm³/mol. The lowest BCUT2D eigenvalue weighted by Gasteiger charge is -2.34. The number of methoxy groups -OCH3 is 1. The first kappa shape index (κ1) is 21.1. The lowest BCUT2D eigenvalue weighted by molar-refractivity contribution is 0.135. The molecular formula is C21H30FN5O2. The molecule has 7 nitrogen and oxygen atoms in total. The number of urea groups is 1. The van der Waals surface area contributed by atoms with Gasteiger partial charge in [-0.15, -0.1) is 0 Å². The Hall–Kier alpha value is -2.61. The molecule has 0 spiro atoms. The number of ether oxygens (including phenoxy) is 1. The number of hydrogen-bond donors (Lipinski definition) is 1. The van der Waals surface area contributed by atoms with Crippen LogP contribution in [0.15, 0.2) is 24.3 Å². The number of nitrogens with zero attached hydrogens (tertiary/aromatic N) is 4. The van der Waals surface area contributed by atoms with Gasteiger partial charge in [0, 0.05) is 51.5 Å². The third kappa shape index (κ3) is 5.69. The Labute approximate surface area is 171 Å². The van der Waals surface area contributed by atoms with Crippen molar-refractivity contribution in [3.8, 4) is 5.75 Å². The Morgan fingerprint density at radius 1 is 1.21 bits per heavy atom. The van der Waals surface area contributed by atoms with Crippen molar-refractivity contribution in [3.63, 3.8) is 0 Å². The van der Waals surface area contributed by atoms with Gasteiger partial charge in [0.05, 0.1) is 12.8 Å². The van der Waals surface area contributed by atoms with Gasteiger partial charge in [-0.1, -0.05) is 6.07 Å². The van der Waals surface area contributed by atoms with Crippen LogP contribution in [0.4, 0.5) is 9.18 Å². The molecule has 1 fully saturated rings. The van der Waals surface area contributed by atoms with E-state index in [1.165, 1.54) is 13.2 Å². The van der Waals surface area contributed by atoms with Crippen molar-refractivity contribution in [3.05, 3.63) is 47.0 Å². The van der Waals surface area contributed by atoms with Crippen molar-refractivity contribution in [1.82, 2.24) is 24.9 Å². The van der Waals surface area contributed by atoms with Gasteiger partial charge < -0.3 is 15.0 Å². The van der Waals surface area contributed by atoms with Gasteiger partial charge in [-0.3, -0.25) is 9.58 Å². The highest BCUT2D eigenvalue weighted by atomic mass is 19.1. The molecule has 0 bridgehead atoms. The summed E-state index contributed by atoms with van der Waals surface area (Å²) in [6.45, 7) is 8.99. The predicted octanol–water partition coefficient (Wildman–Crippen LogP) is 2.57. The SMILES string of the molecule is COc1ccc(CN2CCN(C(=O)NCCCn3nc(C)cc3C)CC2)cc1F. The number of aryl methyl sites for hydroxylation is 3. The fourth-order valence-corrected chi connectivity index (χ4v) is 3.61. The minimum atomic E-state index is -0.344. The molecule has 0 unspecified atom stereocenters. The zero-order chi connectivity index (χ0) is 20.8. The van der Waals surface area contributed by atoms with E-state index in [-0.39, 0.29) is 17.6 Å². The smallest absolute Gasteiger partial charge is 0.317 e. The zero-order valence-electron chi connectivity index (χ0n) is 17.4. The van der Waals surface area contributed by atoms with Crippen molar-refractivity contribution < 1.29 is 13.9 Å². The van der Waals surface area contributed by atoms with E-state index in [0.717, 1.165) is 43.0 Å². The minimum Gasteiger partial charge on any atom is -0.494 e. The molecule has 2 amide bonds. The lowest BCUT2D eigenvalue weighted by Crippen LogP contribution is -2.51. The number of aromatic nitrogens is 2. The maximum atomic E-state index is 13.8. The van der Waals surface area contributed by atoms with E-state index >= 15 is 0 Å². The molecule has 0 atom stereocenters. The Morgan fingerprint density at radius 2 is 1.97 bits per heavy atom. The number of piperazine rings is 1. The van der Waals surface area contributed by atoms with E-state index in [1.54, 1.807) is 6.07 Å². The number of carbonyl (C=O) groups is 1. The summed E-state index contributed by atoms with van der Waals surface area (Å²) < 4.78 is 20.8. The third-order valence-corrected chi connectivity index (χ3v) is 5.21. The topological polar surface area (TPSA) is 62.6 Å². The van der Waals surface area contributed by atoms with Crippen LogP contribution in [0, 0.1) is 19.7 Å². The molecule has 1 saturated heterocycles. The second kappa shape index (κ2) is 9.73. The van der Waals surface area contributed by atoms with Crippen LogP contribution in [-0.2, 0) is 13.1 Å². The van der Waals surface area contributed by atoms with Crippen molar-refractivity contribution in [1.29, 1.82) is 0 Å². The molecule has 2 heterocycles. The molecule has 2 aromatic rings. The van der Waals surface area contributed by atoms with Crippen LogP contribution in [0.1, 0.15) is 23.4 Å². The van der Waals surface area contributed by atoms with E-state index in [1.807, 2.05) is 29.5 Å². The molecule has 8 heteroatoms. The van der Waals surface area contributed by atoms with Crippen LogP contribution >= 0.6 is 0 Å². The van der Waals surface area contributed by atoms with Gasteiger partial charge in [0.2, 0.25) is 0 Å². The molecule has 158 valence electrons. The normalized spacial score (nSPS) is 14.8. The molecule has 29 heavy (non-hydrogen) atoms. The summed E-state index contributed by atoms with van der Waals surface area (Å²) in [5.74, 6) is -0.0865. The molecule has 0 aliphatic carbocycles. The third-order valence-electron chi connectivity index (χ3n) is 5.21. The lowest BCUT2D eigenvalue weighted by atomic mass is 10.2. The maximum absolute atomic E-state index is 13.8. The van der Waals surface area contributed by atoms with Crippen LogP contribution in [0.5, 0.6) is 5.75 Å². The van der Waals surface area contributed by atoms with Gasteiger partial charge >= 0.3 is 6.03 Å². The molecular weight excluding hydrogens is 373 g/mol. The monoisotopic (exact) mass is 403 g/mol. The molecule has 1 aliphatic heterocycles. The first-order valence-corrected chi connectivity index (χ1v) is 10.0. The molecule has 1 aromatic carbocycles. The van der Waals surface area contributed by atoms with E-state index in [2.05, 4.69) is 21.4 Å². The summed E-state index contributed by atoms with van der Waals surface area (Å²) in [4.78, 5) is 16.4. The van der Waals surface area contributed by atoms with Crippen molar-refractivity contribution in [2.24, 2.45) is 0 Å². The second-order valence-electron chi connectivity index (χ2n) is 7.47. The average Bonchev–Trinajstić information content (AvgIpc) is 3.03. The molecule has 1 aromatic heterocycles. The summed E-state index contributed by atoms with van der Waals surface area (Å²) in [6, 6.07) is 7.08. The molecule has 1 N–H and O–H groups in total. The minimum absolute atomic E-state index is 0.0199. The summed E-state index contributed by atoms with van der Waals surface area (Å²) in [7, 11) is 1.46. The number of rotatable bonds is 7. The zero-order valence-corrected chi connectivity index (χ0v) is 17.4. The van der Waals surface area contributed by atoms with Gasteiger partial charge in [-0.05, 0) is 44.0 Å². The number of halogens is 1. The van der Waals surface area contributed by atoms with Crippen molar-refractivity contribution in [2.75, 3.05) is 39.8 Å². The average molecular weight is 404 g/mol. The summed E-state index contributed by atoms with van der Waals surface area (Å²) >= 11 is 0. The Morgan fingerprint density at radius 3 is 2.59 bits per heavy atom. The molecule has 0 saturated carbocycles. The van der Waals surface area contributed by atoms with Gasteiger partial charge in [0.1, 0.15) is 0 Å². The highest BCUT2D eigenvalue weighted by Crippen LogP contribution is 2.19. The molecule has 1 aliphatic rings. The van der Waals surface area contributed by atoms with E-state index in [0.29, 0.717) is 26.2 Å². The van der Waals surface area contributed by atoms with Crippen molar-refractivity contribution in [2.45, 2.75) is 33.4 Å². The quantitative estimate of drug-likeness (QED) is 0.722. The summed E-state index contributed by atoms with van der Waals surface area (Å²) in [5.41, 5.74) is 3.06. The first-order valence-electron chi connectivity index (χ1n) is 10.0. The largest absolute Gasteiger partial charge is 0.494 e. The van der Waals surface area contributed by atoms with Crippen LogP contribution in [0.3, 0.4) is 0 Å². The number of benzene rings is 1. The molecule has 3 rings (SSSR count). The highest BCUT2D eigenvalue weighted by Gasteiger charge is 2.21. The van der Waals surface area contributed by atoms with Gasteiger partial charge in [0.15, 0.2) is 11.6 Å². The number of hydrogen-bond acceptors (Lipinski definition) is 4. The van der Waals surface area contributed by atoms with Crippen LogP contribution in [0.25, 0.3) is 0 Å².